The summed E-state index contributed by atoms with van der Waals surface area (Å²) in [6, 6.07) is 15.6. The second kappa shape index (κ2) is 8.23. The number of aliphatic hydroxyl groups excluding tert-OH is 1. The van der Waals surface area contributed by atoms with E-state index in [1.165, 1.54) is 11.6 Å². The summed E-state index contributed by atoms with van der Waals surface area (Å²) in [5, 5.41) is 14.1. The van der Waals surface area contributed by atoms with Crippen LogP contribution in [0.5, 0.6) is 0 Å². The van der Waals surface area contributed by atoms with Crippen molar-refractivity contribution < 1.29 is 18.3 Å². The molecule has 2 aromatic carbocycles. The number of benzene rings is 2. The van der Waals surface area contributed by atoms with Gasteiger partial charge in [-0.2, -0.15) is 13.2 Å². The highest BCUT2D eigenvalue weighted by Crippen LogP contribution is 2.35. The Kier molecular flexibility index (Phi) is 5.99. The van der Waals surface area contributed by atoms with Crippen LogP contribution in [0.2, 0.25) is 0 Å². The number of hydrogen-bond donors (Lipinski definition) is 2. The Morgan fingerprint density at radius 1 is 1.08 bits per heavy atom. The molecule has 3 rings (SSSR count). The zero-order valence-corrected chi connectivity index (χ0v) is 14.5. The summed E-state index contributed by atoms with van der Waals surface area (Å²) in [6.45, 7) is 0.778. The van der Waals surface area contributed by atoms with Crippen LogP contribution in [0.3, 0.4) is 0 Å². The van der Waals surface area contributed by atoms with E-state index in [0.717, 1.165) is 44.4 Å². The molecule has 1 heterocycles. The minimum absolute atomic E-state index is 0.0273. The molecule has 3 unspecified atom stereocenters. The largest absolute Gasteiger partial charge is 0.416 e. The Bertz CT molecular complexity index is 702. The molecular weight excluding hydrogens is 339 g/mol. The van der Waals surface area contributed by atoms with Crippen LogP contribution in [0.25, 0.3) is 0 Å². The first-order valence-corrected chi connectivity index (χ1v) is 9.06. The van der Waals surface area contributed by atoms with Gasteiger partial charge in [0.2, 0.25) is 0 Å². The first kappa shape index (κ1) is 18.9. The van der Waals surface area contributed by atoms with Crippen molar-refractivity contribution in [3.05, 3.63) is 71.3 Å². The lowest BCUT2D eigenvalue weighted by Gasteiger charge is -2.33. The van der Waals surface area contributed by atoms with Crippen LogP contribution in [0, 0.1) is 5.92 Å². The quantitative estimate of drug-likeness (QED) is 0.804. The van der Waals surface area contributed by atoms with Crippen molar-refractivity contribution >= 4 is 0 Å². The van der Waals surface area contributed by atoms with Gasteiger partial charge < -0.3 is 10.4 Å². The number of nitrogens with one attached hydrogen (secondary N) is 1. The van der Waals surface area contributed by atoms with E-state index in [1.54, 1.807) is 6.07 Å². The molecule has 26 heavy (non-hydrogen) atoms. The van der Waals surface area contributed by atoms with Gasteiger partial charge in [-0.05, 0) is 61.4 Å². The third-order valence-electron chi connectivity index (χ3n) is 5.16. The van der Waals surface area contributed by atoms with E-state index in [4.69, 9.17) is 0 Å². The van der Waals surface area contributed by atoms with Crippen LogP contribution >= 0.6 is 0 Å². The number of hydrogen-bond acceptors (Lipinski definition) is 2. The normalized spacial score (nSPS) is 22.2. The molecule has 3 atom stereocenters. The minimum Gasteiger partial charge on any atom is -0.388 e. The topological polar surface area (TPSA) is 32.3 Å². The summed E-state index contributed by atoms with van der Waals surface area (Å²) in [7, 11) is 0. The lowest BCUT2D eigenvalue weighted by atomic mass is 9.83. The van der Waals surface area contributed by atoms with Crippen molar-refractivity contribution in [1.29, 1.82) is 0 Å². The van der Waals surface area contributed by atoms with Gasteiger partial charge in [-0.3, -0.25) is 0 Å². The summed E-state index contributed by atoms with van der Waals surface area (Å²) in [6.07, 6.45) is -1.81. The summed E-state index contributed by atoms with van der Waals surface area (Å²) in [5.74, 6) is -0.0273. The van der Waals surface area contributed by atoms with Gasteiger partial charge >= 0.3 is 6.18 Å². The molecule has 0 radical (unpaired) electrons. The zero-order chi connectivity index (χ0) is 18.6. The molecule has 1 fully saturated rings. The fraction of sp³-hybridized carbons (Fsp3) is 0.429. The molecule has 1 aliphatic heterocycles. The van der Waals surface area contributed by atoms with Gasteiger partial charge in [0.15, 0.2) is 0 Å². The van der Waals surface area contributed by atoms with Crippen LogP contribution in [0.4, 0.5) is 13.2 Å². The third kappa shape index (κ3) is 4.86. The Morgan fingerprint density at radius 2 is 1.85 bits per heavy atom. The molecule has 0 spiro atoms. The average molecular weight is 363 g/mol. The Morgan fingerprint density at radius 3 is 2.58 bits per heavy atom. The number of piperidine rings is 1. The van der Waals surface area contributed by atoms with E-state index in [0.29, 0.717) is 5.56 Å². The lowest BCUT2D eigenvalue weighted by Crippen LogP contribution is -2.40. The first-order chi connectivity index (χ1) is 12.4. The molecule has 2 aromatic rings. The molecule has 0 aliphatic carbocycles. The van der Waals surface area contributed by atoms with E-state index in [1.807, 2.05) is 18.2 Å². The molecule has 0 bridgehead atoms. The summed E-state index contributed by atoms with van der Waals surface area (Å²) in [5.41, 5.74) is 0.923. The van der Waals surface area contributed by atoms with E-state index in [-0.39, 0.29) is 12.0 Å². The fourth-order valence-electron chi connectivity index (χ4n) is 3.70. The van der Waals surface area contributed by atoms with Gasteiger partial charge in [0.05, 0.1) is 11.7 Å². The highest BCUT2D eigenvalue weighted by atomic mass is 19.4. The number of halogens is 3. The smallest absolute Gasteiger partial charge is 0.388 e. The minimum atomic E-state index is -4.39. The van der Waals surface area contributed by atoms with Crippen LogP contribution < -0.4 is 5.32 Å². The highest BCUT2D eigenvalue weighted by Gasteiger charge is 2.32. The molecular formula is C21H24F3NO. The maximum Gasteiger partial charge on any atom is 0.416 e. The van der Waals surface area contributed by atoms with Crippen molar-refractivity contribution in [1.82, 2.24) is 5.32 Å². The Labute approximate surface area is 152 Å². The SMILES string of the molecule is OC(c1cccc(C(F)(F)F)c1)C1CCNC(CCc2ccccc2)C1. The van der Waals surface area contributed by atoms with E-state index >= 15 is 0 Å². The predicted molar refractivity (Wildman–Crippen MR) is 95.7 cm³/mol. The van der Waals surface area contributed by atoms with Crippen LogP contribution in [0.1, 0.15) is 42.1 Å². The molecule has 1 saturated heterocycles. The number of aryl methyl sites for hydroxylation is 1. The number of alkyl halides is 3. The van der Waals surface area contributed by atoms with Gasteiger partial charge in [-0.25, -0.2) is 0 Å². The van der Waals surface area contributed by atoms with Gasteiger partial charge in [-0.15, -0.1) is 0 Å². The number of rotatable bonds is 5. The highest BCUT2D eigenvalue weighted by molar-refractivity contribution is 5.27. The zero-order valence-electron chi connectivity index (χ0n) is 14.5. The predicted octanol–water partition coefficient (Wildman–Crippen LogP) is 4.74. The standard InChI is InChI=1S/C21H24F3NO/c22-21(23,24)18-8-4-7-16(13-18)20(26)17-11-12-25-19(14-17)10-9-15-5-2-1-3-6-15/h1-8,13,17,19-20,25-26H,9-12,14H2. The number of aliphatic hydroxyl groups is 1. The van der Waals surface area contributed by atoms with Crippen molar-refractivity contribution in [2.45, 2.75) is 44.0 Å². The van der Waals surface area contributed by atoms with Crippen molar-refractivity contribution in [2.75, 3.05) is 6.54 Å². The molecule has 2 nitrogen and oxygen atoms in total. The third-order valence-corrected chi connectivity index (χ3v) is 5.16. The lowest BCUT2D eigenvalue weighted by molar-refractivity contribution is -0.137. The van der Waals surface area contributed by atoms with Crippen molar-refractivity contribution in [3.8, 4) is 0 Å². The van der Waals surface area contributed by atoms with Crippen molar-refractivity contribution in [2.24, 2.45) is 5.92 Å². The van der Waals surface area contributed by atoms with E-state index < -0.39 is 17.8 Å². The van der Waals surface area contributed by atoms with Gasteiger partial charge in [0.1, 0.15) is 0 Å². The molecule has 1 aliphatic rings. The van der Waals surface area contributed by atoms with Gasteiger partial charge in [0.25, 0.3) is 0 Å². The van der Waals surface area contributed by atoms with E-state index in [2.05, 4.69) is 17.4 Å². The molecule has 0 aromatic heterocycles. The van der Waals surface area contributed by atoms with Crippen LogP contribution in [0.15, 0.2) is 54.6 Å². The molecule has 0 amide bonds. The maximum atomic E-state index is 12.9. The molecule has 140 valence electrons. The van der Waals surface area contributed by atoms with Gasteiger partial charge in [-0.1, -0.05) is 42.5 Å². The first-order valence-electron chi connectivity index (χ1n) is 9.06. The molecule has 2 N–H and O–H groups in total. The maximum absolute atomic E-state index is 12.9. The van der Waals surface area contributed by atoms with Crippen LogP contribution in [-0.2, 0) is 12.6 Å². The average Bonchev–Trinajstić information content (AvgIpc) is 2.66. The van der Waals surface area contributed by atoms with Crippen LogP contribution in [-0.4, -0.2) is 17.7 Å². The second-order valence-electron chi connectivity index (χ2n) is 7.03. The molecule has 0 saturated carbocycles. The second-order valence-corrected chi connectivity index (χ2v) is 7.03. The fourth-order valence-corrected chi connectivity index (χ4v) is 3.70. The van der Waals surface area contributed by atoms with Crippen molar-refractivity contribution in [3.63, 3.8) is 0 Å². The summed E-state index contributed by atoms with van der Waals surface area (Å²) in [4.78, 5) is 0. The Hall–Kier alpha value is -1.85. The Balaban J connectivity index is 1.62. The summed E-state index contributed by atoms with van der Waals surface area (Å²) >= 11 is 0. The van der Waals surface area contributed by atoms with E-state index in [9.17, 15) is 18.3 Å². The van der Waals surface area contributed by atoms with Gasteiger partial charge in [0, 0.05) is 6.04 Å². The monoisotopic (exact) mass is 363 g/mol. The molecule has 5 heteroatoms. The summed E-state index contributed by atoms with van der Waals surface area (Å²) < 4.78 is 38.7.